The fraction of sp³-hybridized carbons (Fsp3) is 0.500. The number of halogens is 4. The van der Waals surface area contributed by atoms with Crippen molar-refractivity contribution in [2.24, 2.45) is 0 Å². The molecule has 0 fully saturated rings. The van der Waals surface area contributed by atoms with Crippen LogP contribution in [-0.2, 0) is 92.7 Å². The number of unbranched alkanes of at least 4 members (excludes halogenated alkanes) is 2. The summed E-state index contributed by atoms with van der Waals surface area (Å²) in [5, 5.41) is 60.0. The Morgan fingerprint density at radius 1 is 0.423 bits per heavy atom. The molecule has 104 heavy (non-hydrogen) atoms. The minimum atomic E-state index is -1.18. The second kappa shape index (κ2) is 49.1. The van der Waals surface area contributed by atoms with Gasteiger partial charge in [0.25, 0.3) is 0 Å². The van der Waals surface area contributed by atoms with Crippen molar-refractivity contribution in [2.75, 3.05) is 116 Å². The van der Waals surface area contributed by atoms with Gasteiger partial charge in [0.15, 0.2) is 0 Å². The normalized spacial score (nSPS) is 12.3. The van der Waals surface area contributed by atoms with Crippen molar-refractivity contribution in [3.63, 3.8) is 0 Å². The van der Waals surface area contributed by atoms with Gasteiger partial charge in [-0.1, -0.05) is 69.0 Å². The first kappa shape index (κ1) is 84.2. The van der Waals surface area contributed by atoms with Crippen LogP contribution < -0.4 is 42.5 Å². The molecule has 566 valence electrons. The number of carboxylic acids is 2. The lowest BCUT2D eigenvalue weighted by atomic mass is 10.0. The molecule has 4 heterocycles. The molecular weight excluding hydrogens is 1440 g/mol. The monoisotopic (exact) mass is 1530 g/mol. The number of aromatic nitrogens is 8. The number of nitrogens with one attached hydrogen (secondary N) is 8. The predicted molar refractivity (Wildman–Crippen MR) is 384 cm³/mol. The van der Waals surface area contributed by atoms with Gasteiger partial charge in [0.2, 0.25) is 35.4 Å². The summed E-state index contributed by atoms with van der Waals surface area (Å²) in [7, 11) is 0. The Morgan fingerprint density at radius 3 is 1.14 bits per heavy atom. The number of carboxylic acid groups (broad SMARTS) is 2. The zero-order chi connectivity index (χ0) is 74.5. The van der Waals surface area contributed by atoms with E-state index in [4.69, 9.17) is 74.8 Å². The van der Waals surface area contributed by atoms with Crippen LogP contribution in [0.15, 0.2) is 97.6 Å². The van der Waals surface area contributed by atoms with Crippen molar-refractivity contribution in [3.8, 4) is 0 Å². The number of amides is 6. The fourth-order valence-electron chi connectivity index (χ4n) is 9.92. The van der Waals surface area contributed by atoms with Crippen LogP contribution >= 0.6 is 46.4 Å². The van der Waals surface area contributed by atoms with E-state index in [1.807, 2.05) is 36.4 Å². The van der Waals surface area contributed by atoms with Gasteiger partial charge >= 0.3 is 11.9 Å². The van der Waals surface area contributed by atoms with Crippen molar-refractivity contribution < 1.29 is 77.0 Å². The Balaban J connectivity index is 0.751. The number of hydrogen-bond acceptors (Lipinski definition) is 22. The third-order valence-electron chi connectivity index (χ3n) is 15.0. The Hall–Kier alpha value is -8.70. The highest BCUT2D eigenvalue weighted by atomic mass is 35.5. The van der Waals surface area contributed by atoms with Crippen LogP contribution in [0.5, 0.6) is 0 Å². The molecule has 0 aliphatic heterocycles. The molecule has 32 nitrogen and oxygen atoms in total. The van der Waals surface area contributed by atoms with E-state index in [1.54, 1.807) is 24.8 Å². The predicted octanol–water partition coefficient (Wildman–Crippen LogP) is 5.37. The van der Waals surface area contributed by atoms with Crippen LogP contribution in [0.4, 0.5) is 11.6 Å². The molecular formula is C68H90Cl4N16O16. The van der Waals surface area contributed by atoms with Crippen molar-refractivity contribution >= 4 is 105 Å². The largest absolute Gasteiger partial charge is 0.481 e. The van der Waals surface area contributed by atoms with Crippen LogP contribution in [-0.4, -0.2) is 215 Å². The first-order chi connectivity index (χ1) is 50.3. The van der Waals surface area contributed by atoms with Crippen molar-refractivity contribution in [1.29, 1.82) is 0 Å². The van der Waals surface area contributed by atoms with Gasteiger partial charge in [-0.2, -0.15) is 0 Å². The molecule has 6 amide bonds. The van der Waals surface area contributed by atoms with Crippen molar-refractivity contribution in [3.05, 3.63) is 140 Å². The van der Waals surface area contributed by atoms with E-state index in [1.165, 1.54) is 45.8 Å². The molecule has 6 aromatic rings. The number of rotatable bonds is 55. The van der Waals surface area contributed by atoms with Gasteiger partial charge in [-0.3, -0.25) is 38.4 Å². The molecule has 6 rings (SSSR count). The average Bonchev–Trinajstić information content (AvgIpc) is 0.877. The first-order valence-corrected chi connectivity index (χ1v) is 35.5. The molecule has 36 heteroatoms. The van der Waals surface area contributed by atoms with Crippen LogP contribution in [0, 0.1) is 0 Å². The second-order valence-electron chi connectivity index (χ2n) is 23.4. The lowest BCUT2D eigenvalue weighted by Crippen LogP contribution is -2.49. The van der Waals surface area contributed by atoms with Gasteiger partial charge in [0.1, 0.15) is 23.7 Å². The van der Waals surface area contributed by atoms with Gasteiger partial charge in [0.05, 0.1) is 129 Å². The smallest absolute Gasteiger partial charge is 0.305 e. The molecule has 0 aliphatic rings. The van der Waals surface area contributed by atoms with Crippen LogP contribution in [0.3, 0.4) is 0 Å². The van der Waals surface area contributed by atoms with E-state index in [0.29, 0.717) is 74.4 Å². The SMILES string of the molecule is O=C(O)CC(NC(=O)[C@H](Cc1cn(CCOCCOCCOCCNC(=O)CCC(=O)NCCOCCOCCOCCn2cc(C[C@H](NC(=O)CCCCNc3ccccn3)C(=O)NC(CC(=O)O)c3cc(Cl)cc(Cl)c3)nn2)nn1)NC(=O)CCCCNc1ccccn1)c1cc(Cl)cc(Cl)c1. The zero-order valence-electron chi connectivity index (χ0n) is 57.5. The molecule has 2 aromatic carbocycles. The van der Waals surface area contributed by atoms with E-state index in [-0.39, 0.29) is 175 Å². The lowest BCUT2D eigenvalue weighted by molar-refractivity contribution is -0.139. The van der Waals surface area contributed by atoms with Gasteiger partial charge in [-0.05, 0) is 97.5 Å². The maximum atomic E-state index is 13.8. The fourth-order valence-corrected chi connectivity index (χ4v) is 11.0. The van der Waals surface area contributed by atoms with Gasteiger partial charge in [-0.15, -0.1) is 10.2 Å². The summed E-state index contributed by atoms with van der Waals surface area (Å²) in [6, 6.07) is 15.8. The van der Waals surface area contributed by atoms with E-state index in [0.717, 1.165) is 11.6 Å². The number of nitrogens with zero attached hydrogens (tertiary/aromatic N) is 8. The standard InChI is InChI=1S/C68H90Cl4N16O16/c69-49-35-47(36-50(70)39-49)55(43-65(93)94)81-67(97)57(79-63(91)11-3-7-17-75-59-9-1-5-15-73-59)41-53-45-87(85-83-53)21-25-101-29-33-103-31-27-99-23-19-77-61(89)13-14-62(90)78-20-24-100-28-32-104-34-30-102-26-22-88-46-54(84-86-88)42-58(80-64(92)12-4-8-18-76-60-10-2-6-16-74-60)68(98)82-56(44-66(95)96)48-37-51(71)40-52(72)38-48/h1-2,5-6,9-10,15-16,35-40,45-46,55-58H,3-4,7-8,11-14,17-34,41-44H2,(H,73,75)(H,74,76)(H,77,89)(H,78,90)(H,79,91)(H,80,92)(H,81,97)(H,82,98)(H,93,94)(H,95,96)/t55?,56?,57-,58-/m0/s1. The second-order valence-corrected chi connectivity index (χ2v) is 25.1. The number of benzene rings is 2. The number of anilines is 2. The quantitative estimate of drug-likeness (QED) is 0.0215. The molecule has 0 saturated heterocycles. The number of ether oxygens (including phenoxy) is 6. The molecule has 10 N–H and O–H groups in total. The summed E-state index contributed by atoms with van der Waals surface area (Å²) < 4.78 is 36.7. The highest BCUT2D eigenvalue weighted by molar-refractivity contribution is 6.35. The topological polar surface area (TPSA) is 416 Å². The Labute approximate surface area is 621 Å². The molecule has 4 atom stereocenters. The molecule has 0 spiro atoms. The third kappa shape index (κ3) is 36.1. The summed E-state index contributed by atoms with van der Waals surface area (Å²) in [5.74, 6) is -3.56. The highest BCUT2D eigenvalue weighted by Crippen LogP contribution is 2.28. The molecule has 0 radical (unpaired) electrons. The summed E-state index contributed by atoms with van der Waals surface area (Å²) in [5.41, 5.74) is 1.54. The highest BCUT2D eigenvalue weighted by Gasteiger charge is 2.29. The zero-order valence-corrected chi connectivity index (χ0v) is 60.5. The van der Waals surface area contributed by atoms with E-state index in [2.05, 4.69) is 73.1 Å². The maximum absolute atomic E-state index is 13.8. The third-order valence-corrected chi connectivity index (χ3v) is 15.9. The van der Waals surface area contributed by atoms with Crippen LogP contribution in [0.1, 0.15) is 98.8 Å². The maximum Gasteiger partial charge on any atom is 0.305 e. The molecule has 0 aliphatic carbocycles. The first-order valence-electron chi connectivity index (χ1n) is 34.0. The van der Waals surface area contributed by atoms with Crippen LogP contribution in [0.2, 0.25) is 20.1 Å². The van der Waals surface area contributed by atoms with Gasteiger partial charge in [-0.25, -0.2) is 19.3 Å². The van der Waals surface area contributed by atoms with Gasteiger partial charge in [0, 0.05) is 110 Å². The summed E-state index contributed by atoms with van der Waals surface area (Å²) >= 11 is 24.8. The Morgan fingerprint density at radius 2 is 0.788 bits per heavy atom. The van der Waals surface area contributed by atoms with Crippen molar-refractivity contribution in [2.45, 2.75) is 114 Å². The Bertz CT molecular complexity index is 3320. The number of hydrogen-bond donors (Lipinski definition) is 10. The minimum Gasteiger partial charge on any atom is -0.481 e. The number of carbonyl (C=O) groups is 8. The van der Waals surface area contributed by atoms with Gasteiger partial charge < -0.3 is 81.2 Å². The van der Waals surface area contributed by atoms with E-state index < -0.39 is 60.8 Å². The van der Waals surface area contributed by atoms with Crippen LogP contribution in [0.25, 0.3) is 0 Å². The molecule has 0 bridgehead atoms. The van der Waals surface area contributed by atoms with E-state index >= 15 is 0 Å². The minimum absolute atomic E-state index is 0.00417. The van der Waals surface area contributed by atoms with E-state index in [9.17, 15) is 48.6 Å². The number of aliphatic carboxylic acids is 2. The summed E-state index contributed by atoms with van der Waals surface area (Å²) in [6.07, 6.45) is 8.16. The van der Waals surface area contributed by atoms with Crippen molar-refractivity contribution in [1.82, 2.24) is 71.9 Å². The number of carbonyl (C=O) groups excluding carboxylic acids is 6. The summed E-state index contributed by atoms with van der Waals surface area (Å²) in [4.78, 5) is 111. The molecule has 0 saturated carbocycles. The average molecular weight is 1530 g/mol. The molecule has 4 aromatic heterocycles. The lowest BCUT2D eigenvalue weighted by Gasteiger charge is -2.23. The Kier molecular flexibility index (Phi) is 39.8. The molecule has 2 unspecified atom stereocenters. The number of pyridine rings is 2. The summed E-state index contributed by atoms with van der Waals surface area (Å²) in [6.45, 7) is 5.55.